The number of Topliss-reactive ketones (excluding diaryl/α,β-unsaturated/α-hetero) is 1. The Morgan fingerprint density at radius 2 is 1.85 bits per heavy atom. The second-order valence-corrected chi connectivity index (χ2v) is 5.75. The van der Waals surface area contributed by atoms with Crippen LogP contribution in [0, 0.1) is 5.82 Å². The van der Waals surface area contributed by atoms with E-state index in [9.17, 15) is 9.18 Å². The van der Waals surface area contributed by atoms with Gasteiger partial charge in [0.05, 0.1) is 12.2 Å². The average molecular weight is 277 g/mol. The molecule has 0 aliphatic carbocycles. The number of carbonyl (C=O) groups excluding carboxylic acids is 1. The van der Waals surface area contributed by atoms with Crippen molar-refractivity contribution in [3.63, 3.8) is 0 Å². The van der Waals surface area contributed by atoms with Gasteiger partial charge in [0.15, 0.2) is 5.78 Å². The molecule has 2 heterocycles. The highest BCUT2D eigenvalue weighted by atomic mass is 19.1. The minimum atomic E-state index is -0.301. The minimum absolute atomic E-state index is 0.0984. The van der Waals surface area contributed by atoms with Crippen LogP contribution in [0.4, 0.5) is 4.39 Å². The second kappa shape index (κ2) is 6.02. The first-order chi connectivity index (χ1) is 9.70. The van der Waals surface area contributed by atoms with Gasteiger partial charge < -0.3 is 4.74 Å². The second-order valence-electron chi connectivity index (χ2n) is 5.75. The summed E-state index contributed by atoms with van der Waals surface area (Å²) in [5.74, 6) is -0.202. The fraction of sp³-hybridized carbons (Fsp3) is 0.562. The highest BCUT2D eigenvalue weighted by Crippen LogP contribution is 2.26. The van der Waals surface area contributed by atoms with E-state index in [1.807, 2.05) is 0 Å². The molecule has 20 heavy (non-hydrogen) atoms. The fourth-order valence-corrected chi connectivity index (χ4v) is 3.13. The van der Waals surface area contributed by atoms with Crippen LogP contribution in [0.2, 0.25) is 0 Å². The highest BCUT2D eigenvalue weighted by molar-refractivity contribution is 5.95. The molecule has 2 aliphatic heterocycles. The van der Waals surface area contributed by atoms with Gasteiger partial charge >= 0.3 is 0 Å². The van der Waals surface area contributed by atoms with Crippen molar-refractivity contribution < 1.29 is 13.9 Å². The van der Waals surface area contributed by atoms with E-state index in [0.717, 1.165) is 26.1 Å². The molecule has 0 amide bonds. The molecule has 3 rings (SSSR count). The van der Waals surface area contributed by atoms with E-state index >= 15 is 0 Å². The van der Waals surface area contributed by atoms with Crippen LogP contribution in [0.1, 0.15) is 36.0 Å². The van der Waals surface area contributed by atoms with Crippen molar-refractivity contribution in [1.29, 1.82) is 0 Å². The van der Waals surface area contributed by atoms with Crippen molar-refractivity contribution in [3.05, 3.63) is 35.6 Å². The third-order valence-electron chi connectivity index (χ3n) is 4.16. The zero-order chi connectivity index (χ0) is 13.9. The lowest BCUT2D eigenvalue weighted by Gasteiger charge is -2.31. The Hall–Kier alpha value is -1.26. The normalized spacial score (nSPS) is 25.9. The molecule has 2 bridgehead atoms. The first-order valence-electron chi connectivity index (χ1n) is 7.37. The Bertz CT molecular complexity index is 462. The summed E-state index contributed by atoms with van der Waals surface area (Å²) in [6.45, 7) is 2.95. The van der Waals surface area contributed by atoms with Gasteiger partial charge in [-0.05, 0) is 50.1 Å². The summed E-state index contributed by atoms with van der Waals surface area (Å²) >= 11 is 0. The van der Waals surface area contributed by atoms with Gasteiger partial charge in [-0.15, -0.1) is 0 Å². The number of nitrogens with zero attached hydrogens (tertiary/aromatic N) is 1. The van der Waals surface area contributed by atoms with E-state index in [-0.39, 0.29) is 11.6 Å². The monoisotopic (exact) mass is 277 g/mol. The maximum Gasteiger partial charge on any atom is 0.162 e. The lowest BCUT2D eigenvalue weighted by molar-refractivity contribution is -0.0383. The Kier molecular flexibility index (Phi) is 4.13. The molecule has 1 aromatic rings. The van der Waals surface area contributed by atoms with Gasteiger partial charge in [-0.3, -0.25) is 9.69 Å². The van der Waals surface area contributed by atoms with Crippen molar-refractivity contribution in [2.24, 2.45) is 0 Å². The number of benzene rings is 1. The fourth-order valence-electron chi connectivity index (χ4n) is 3.13. The van der Waals surface area contributed by atoms with E-state index in [0.29, 0.717) is 24.2 Å². The molecular weight excluding hydrogens is 257 g/mol. The molecule has 2 saturated heterocycles. The van der Waals surface area contributed by atoms with E-state index in [1.54, 1.807) is 12.1 Å². The predicted octanol–water partition coefficient (Wildman–Crippen LogP) is 2.65. The standard InChI is InChI=1S/C16H20FNO2/c17-13-5-3-12(4-6-13)16(19)2-1-9-18-10-14-7-8-15(11-18)20-14/h3-6,14-15H,1-2,7-11H2. The Morgan fingerprint density at radius 3 is 2.50 bits per heavy atom. The van der Waals surface area contributed by atoms with E-state index in [1.165, 1.54) is 25.0 Å². The van der Waals surface area contributed by atoms with Gasteiger partial charge in [0.2, 0.25) is 0 Å². The largest absolute Gasteiger partial charge is 0.372 e. The SMILES string of the molecule is O=C(CCCN1CC2CCC(C1)O2)c1ccc(F)cc1. The maximum absolute atomic E-state index is 12.8. The summed E-state index contributed by atoms with van der Waals surface area (Å²) in [5, 5.41) is 0. The predicted molar refractivity (Wildman–Crippen MR) is 74.3 cm³/mol. The van der Waals surface area contributed by atoms with Crippen LogP contribution in [-0.2, 0) is 4.74 Å². The minimum Gasteiger partial charge on any atom is -0.372 e. The molecule has 108 valence electrons. The first kappa shape index (κ1) is 13.7. The van der Waals surface area contributed by atoms with E-state index in [2.05, 4.69) is 4.90 Å². The van der Waals surface area contributed by atoms with Gasteiger partial charge in [-0.2, -0.15) is 0 Å². The number of morpholine rings is 1. The zero-order valence-electron chi connectivity index (χ0n) is 11.6. The molecule has 0 aromatic heterocycles. The molecule has 2 unspecified atom stereocenters. The van der Waals surface area contributed by atoms with Crippen LogP contribution >= 0.6 is 0 Å². The Balaban J connectivity index is 1.43. The number of likely N-dealkylation sites (tertiary alicyclic amines) is 1. The summed E-state index contributed by atoms with van der Waals surface area (Å²) in [6, 6.07) is 5.80. The molecule has 1 aromatic carbocycles. The van der Waals surface area contributed by atoms with Crippen LogP contribution in [0.5, 0.6) is 0 Å². The number of hydrogen-bond donors (Lipinski definition) is 0. The van der Waals surface area contributed by atoms with Crippen LogP contribution in [0.15, 0.2) is 24.3 Å². The van der Waals surface area contributed by atoms with E-state index in [4.69, 9.17) is 4.74 Å². The quantitative estimate of drug-likeness (QED) is 0.775. The molecular formula is C16H20FNO2. The number of carbonyl (C=O) groups is 1. The van der Waals surface area contributed by atoms with Gasteiger partial charge in [0.25, 0.3) is 0 Å². The number of ketones is 1. The molecule has 0 N–H and O–H groups in total. The Labute approximate surface area is 118 Å². The van der Waals surface area contributed by atoms with Crippen LogP contribution < -0.4 is 0 Å². The van der Waals surface area contributed by atoms with Crippen molar-refractivity contribution in [1.82, 2.24) is 4.90 Å². The summed E-state index contributed by atoms with van der Waals surface area (Å²) < 4.78 is 18.6. The zero-order valence-corrected chi connectivity index (χ0v) is 11.6. The summed E-state index contributed by atoms with van der Waals surface area (Å²) in [4.78, 5) is 14.4. The third-order valence-corrected chi connectivity index (χ3v) is 4.16. The molecule has 3 nitrogen and oxygen atoms in total. The molecule has 0 spiro atoms. The Morgan fingerprint density at radius 1 is 1.20 bits per heavy atom. The number of halogens is 1. The molecule has 2 fully saturated rings. The average Bonchev–Trinajstić information content (AvgIpc) is 2.78. The van der Waals surface area contributed by atoms with Gasteiger partial charge in [-0.1, -0.05) is 0 Å². The summed E-state index contributed by atoms with van der Waals surface area (Å²) in [7, 11) is 0. The van der Waals surface area contributed by atoms with Crippen molar-refractivity contribution in [3.8, 4) is 0 Å². The number of hydrogen-bond acceptors (Lipinski definition) is 3. The summed E-state index contributed by atoms with van der Waals surface area (Å²) in [6.07, 6.45) is 4.54. The molecule has 2 aliphatic rings. The highest BCUT2D eigenvalue weighted by Gasteiger charge is 2.33. The van der Waals surface area contributed by atoms with E-state index < -0.39 is 0 Å². The smallest absolute Gasteiger partial charge is 0.162 e. The summed E-state index contributed by atoms with van der Waals surface area (Å²) in [5.41, 5.74) is 0.605. The van der Waals surface area contributed by atoms with Crippen molar-refractivity contribution >= 4 is 5.78 Å². The lowest BCUT2D eigenvalue weighted by Crippen LogP contribution is -2.42. The van der Waals surface area contributed by atoms with Crippen molar-refractivity contribution in [2.75, 3.05) is 19.6 Å². The van der Waals surface area contributed by atoms with Crippen LogP contribution in [0.3, 0.4) is 0 Å². The number of ether oxygens (including phenoxy) is 1. The topological polar surface area (TPSA) is 29.5 Å². The molecule has 4 heteroatoms. The third kappa shape index (κ3) is 3.25. The van der Waals surface area contributed by atoms with Crippen LogP contribution in [-0.4, -0.2) is 42.5 Å². The molecule has 0 saturated carbocycles. The van der Waals surface area contributed by atoms with Gasteiger partial charge in [0, 0.05) is 25.1 Å². The maximum atomic E-state index is 12.8. The van der Waals surface area contributed by atoms with Gasteiger partial charge in [0.1, 0.15) is 5.82 Å². The number of rotatable bonds is 5. The van der Waals surface area contributed by atoms with Crippen molar-refractivity contribution in [2.45, 2.75) is 37.9 Å². The molecule has 2 atom stereocenters. The number of fused-ring (bicyclic) bond motifs is 2. The first-order valence-corrected chi connectivity index (χ1v) is 7.37. The van der Waals surface area contributed by atoms with Gasteiger partial charge in [-0.25, -0.2) is 4.39 Å². The van der Waals surface area contributed by atoms with Crippen LogP contribution in [0.25, 0.3) is 0 Å². The lowest BCUT2D eigenvalue weighted by atomic mass is 10.1. The molecule has 0 radical (unpaired) electrons.